The first-order chi connectivity index (χ1) is 18.6. The Hall–Kier alpha value is -2.11. The minimum absolute atomic E-state index is 0.0164. The fourth-order valence-electron chi connectivity index (χ4n) is 4.18. The van der Waals surface area contributed by atoms with Crippen LogP contribution in [0.2, 0.25) is 0 Å². The van der Waals surface area contributed by atoms with Crippen molar-refractivity contribution in [3.05, 3.63) is 0 Å². The molecule has 0 amide bonds. The van der Waals surface area contributed by atoms with Gasteiger partial charge >= 0.3 is 0 Å². The van der Waals surface area contributed by atoms with Gasteiger partial charge in [0.15, 0.2) is 31.1 Å². The molecule has 0 bridgehead atoms. The molecule has 19 nitrogen and oxygen atoms in total. The van der Waals surface area contributed by atoms with Crippen LogP contribution in [0.4, 0.5) is 0 Å². The van der Waals surface area contributed by atoms with Crippen molar-refractivity contribution < 1.29 is 92.4 Å². The summed E-state index contributed by atoms with van der Waals surface area (Å²) in [6, 6.07) is 0. The molecule has 224 valence electrons. The maximum Gasteiger partial charge on any atom is 0.295 e. The van der Waals surface area contributed by atoms with E-state index in [1.165, 1.54) is 0 Å². The first-order valence-electron chi connectivity index (χ1n) is 11.3. The van der Waals surface area contributed by atoms with Crippen molar-refractivity contribution in [2.75, 3.05) is 14.2 Å². The molecule has 3 rings (SSSR count). The van der Waals surface area contributed by atoms with Crippen LogP contribution in [-0.2, 0) is 61.8 Å². The lowest BCUT2D eigenvalue weighted by Crippen LogP contribution is -2.66. The first-order valence-corrected chi connectivity index (χ1v) is 11.3. The molecule has 6 unspecified atom stereocenters. The molecule has 0 saturated carbocycles. The number of rotatable bonds is 12. The highest BCUT2D eigenvalue weighted by atomic mass is 16.8. The monoisotopic (exact) mass is 574 g/mol. The Kier molecular flexibility index (Phi) is 11.3. The van der Waals surface area contributed by atoms with Crippen molar-refractivity contribution in [1.82, 2.24) is 0 Å². The van der Waals surface area contributed by atoms with Crippen LogP contribution in [-0.4, -0.2) is 157 Å². The van der Waals surface area contributed by atoms with E-state index in [4.69, 9.17) is 42.6 Å². The van der Waals surface area contributed by atoms with Gasteiger partial charge in [0.05, 0.1) is 0 Å². The molecule has 3 saturated heterocycles. The van der Waals surface area contributed by atoms with E-state index < -0.39 is 92.7 Å². The molecular formula is C20H30O19. The van der Waals surface area contributed by atoms with Crippen LogP contribution in [0, 0.1) is 0 Å². The Labute approximate surface area is 219 Å². The topological polar surface area (TPSA) is 265 Å². The number of methoxy groups -OCH3 is 2. The highest BCUT2D eigenvalue weighted by Crippen LogP contribution is 2.33. The molecule has 0 aromatic rings. The smallest absolute Gasteiger partial charge is 0.295 e. The normalized spacial score (nSPS) is 46.6. The van der Waals surface area contributed by atoms with Gasteiger partial charge in [-0.05, 0) is 0 Å². The van der Waals surface area contributed by atoms with Crippen LogP contribution in [0.5, 0.6) is 0 Å². The molecule has 3 aliphatic rings. The van der Waals surface area contributed by atoms with E-state index in [-0.39, 0.29) is 19.4 Å². The van der Waals surface area contributed by atoms with Crippen molar-refractivity contribution in [2.45, 2.75) is 92.7 Å². The highest BCUT2D eigenvalue weighted by Gasteiger charge is 2.55. The molecule has 0 aliphatic carbocycles. The summed E-state index contributed by atoms with van der Waals surface area (Å²) in [7, 11) is 2.28. The highest BCUT2D eigenvalue weighted by molar-refractivity contribution is 5.38. The fourth-order valence-corrected chi connectivity index (χ4v) is 4.18. The van der Waals surface area contributed by atoms with Gasteiger partial charge in [-0.3, -0.25) is 14.4 Å². The number of carbonyl (C=O) groups is 3. The lowest BCUT2D eigenvalue weighted by atomic mass is 10.0. The third kappa shape index (κ3) is 6.62. The molecule has 39 heavy (non-hydrogen) atoms. The van der Waals surface area contributed by atoms with Crippen molar-refractivity contribution in [1.29, 1.82) is 0 Å². The molecule has 6 N–H and O–H groups in total. The second kappa shape index (κ2) is 14.0. The number of aliphatic hydroxyl groups excluding tert-OH is 6. The standard InChI is InChI=1S/C20H30O19/c1-30-12-6(24)10(28)16(38-18(12)32-3-21)36-14-8(26)11(29)17(39-20(14)34-5-23)35-13-7(25)9(27)15(31-2)37-19(13)33-4-22/h3-20,24-29H,1-2H3/t6-,7-,8?,9?,10?,11?,12+,13+,14+,15-,16-,17-,18?,19?,20-/m1/s1. The van der Waals surface area contributed by atoms with Crippen LogP contribution in [0.15, 0.2) is 0 Å². The fraction of sp³-hybridized carbons (Fsp3) is 0.850. The molecule has 0 spiro atoms. The summed E-state index contributed by atoms with van der Waals surface area (Å²) in [5.74, 6) is 0. The van der Waals surface area contributed by atoms with Gasteiger partial charge < -0.3 is 78.0 Å². The predicted octanol–water partition coefficient (Wildman–Crippen LogP) is -5.85. The summed E-state index contributed by atoms with van der Waals surface area (Å²) in [5, 5.41) is 62.8. The van der Waals surface area contributed by atoms with Gasteiger partial charge in [-0.25, -0.2) is 0 Å². The van der Waals surface area contributed by atoms with Gasteiger partial charge in [-0.15, -0.1) is 0 Å². The third-order valence-electron chi connectivity index (χ3n) is 6.16. The van der Waals surface area contributed by atoms with Crippen LogP contribution in [0.3, 0.4) is 0 Å². The zero-order chi connectivity index (χ0) is 28.9. The molecule has 3 heterocycles. The summed E-state index contributed by atoms with van der Waals surface area (Å²) < 4.78 is 50.7. The minimum Gasteiger partial charge on any atom is -0.435 e. The van der Waals surface area contributed by atoms with Gasteiger partial charge in [0, 0.05) is 14.2 Å². The minimum atomic E-state index is -2.04. The van der Waals surface area contributed by atoms with Crippen molar-refractivity contribution in [2.24, 2.45) is 0 Å². The summed E-state index contributed by atoms with van der Waals surface area (Å²) in [5.41, 5.74) is 0. The second-order valence-corrected chi connectivity index (χ2v) is 8.40. The number of carbonyl (C=O) groups excluding carboxylic acids is 3. The summed E-state index contributed by atoms with van der Waals surface area (Å²) >= 11 is 0. The van der Waals surface area contributed by atoms with Crippen LogP contribution < -0.4 is 0 Å². The van der Waals surface area contributed by atoms with Crippen molar-refractivity contribution in [3.63, 3.8) is 0 Å². The Morgan fingerprint density at radius 1 is 0.462 bits per heavy atom. The molecule has 0 radical (unpaired) electrons. The average Bonchev–Trinajstić information content (AvgIpc) is 2.91. The van der Waals surface area contributed by atoms with E-state index in [1.54, 1.807) is 0 Å². The van der Waals surface area contributed by atoms with E-state index in [1.807, 2.05) is 0 Å². The van der Waals surface area contributed by atoms with E-state index in [0.29, 0.717) is 0 Å². The zero-order valence-electron chi connectivity index (χ0n) is 20.4. The van der Waals surface area contributed by atoms with E-state index in [0.717, 1.165) is 14.2 Å². The lowest BCUT2D eigenvalue weighted by Gasteiger charge is -2.47. The largest absolute Gasteiger partial charge is 0.435 e. The van der Waals surface area contributed by atoms with E-state index in [9.17, 15) is 45.0 Å². The Bertz CT molecular complexity index is 801. The molecule has 3 fully saturated rings. The van der Waals surface area contributed by atoms with Gasteiger partial charge in [-0.2, -0.15) is 0 Å². The average molecular weight is 574 g/mol. The molecule has 0 aromatic carbocycles. The number of hydrogen-bond acceptors (Lipinski definition) is 19. The number of hydrogen-bond donors (Lipinski definition) is 6. The molecule has 3 aliphatic heterocycles. The van der Waals surface area contributed by atoms with E-state index >= 15 is 0 Å². The van der Waals surface area contributed by atoms with E-state index in [2.05, 4.69) is 4.74 Å². The summed E-state index contributed by atoms with van der Waals surface area (Å²) in [6.45, 7) is -0.178. The Morgan fingerprint density at radius 3 is 1.15 bits per heavy atom. The third-order valence-corrected chi connectivity index (χ3v) is 6.16. The van der Waals surface area contributed by atoms with Crippen LogP contribution >= 0.6 is 0 Å². The number of ether oxygens (including phenoxy) is 10. The summed E-state index contributed by atoms with van der Waals surface area (Å²) in [4.78, 5) is 32.8. The van der Waals surface area contributed by atoms with Crippen molar-refractivity contribution in [3.8, 4) is 0 Å². The maximum absolute atomic E-state index is 11.1. The Morgan fingerprint density at radius 2 is 0.795 bits per heavy atom. The molecule has 19 heteroatoms. The van der Waals surface area contributed by atoms with Gasteiger partial charge in [0.1, 0.15) is 42.7 Å². The molecular weight excluding hydrogens is 544 g/mol. The SMILES string of the molecule is CO[C@@H]1OC(OC=O)[C@@H](O[C@@H]2O[C@@H](OC=O)[C@@H](O[C@@H]3OC(OC=O)[C@@H](OC)[C@H](O)C3O)C(O)C2O)[C@H](O)C1O. The quantitative estimate of drug-likeness (QED) is 0.0935. The zero-order valence-corrected chi connectivity index (χ0v) is 20.4. The summed E-state index contributed by atoms with van der Waals surface area (Å²) in [6.07, 6.45) is -26.4. The maximum atomic E-state index is 11.1. The van der Waals surface area contributed by atoms with Crippen molar-refractivity contribution >= 4 is 19.4 Å². The van der Waals surface area contributed by atoms with Crippen LogP contribution in [0.1, 0.15) is 0 Å². The lowest BCUT2D eigenvalue weighted by molar-refractivity contribution is -0.413. The second-order valence-electron chi connectivity index (χ2n) is 8.40. The van der Waals surface area contributed by atoms with Gasteiger partial charge in [0.25, 0.3) is 19.4 Å². The van der Waals surface area contributed by atoms with Gasteiger partial charge in [-0.1, -0.05) is 0 Å². The number of aliphatic hydroxyl groups is 6. The predicted molar refractivity (Wildman–Crippen MR) is 111 cm³/mol. The van der Waals surface area contributed by atoms with Gasteiger partial charge in [0.2, 0.25) is 18.9 Å². The van der Waals surface area contributed by atoms with Crippen LogP contribution in [0.25, 0.3) is 0 Å². The first kappa shape index (κ1) is 31.4. The Balaban J connectivity index is 1.78. The molecule has 0 aromatic heterocycles. The molecule has 15 atom stereocenters.